The van der Waals surface area contributed by atoms with Crippen molar-refractivity contribution in [2.24, 2.45) is 5.92 Å². The van der Waals surface area contributed by atoms with Gasteiger partial charge in [-0.1, -0.05) is 25.0 Å². The van der Waals surface area contributed by atoms with E-state index < -0.39 is 0 Å². The molecule has 2 rings (SSSR count). The maximum absolute atomic E-state index is 5.60. The molecule has 0 radical (unpaired) electrons. The van der Waals surface area contributed by atoms with Gasteiger partial charge in [-0.05, 0) is 32.3 Å². The minimum Gasteiger partial charge on any atom is -0.493 e. The lowest BCUT2D eigenvalue weighted by Crippen LogP contribution is -2.26. The molecule has 3 heteroatoms. The lowest BCUT2D eigenvalue weighted by atomic mass is 10.1. The third-order valence-corrected chi connectivity index (χ3v) is 3.59. The molecule has 19 heavy (non-hydrogen) atoms. The van der Waals surface area contributed by atoms with Crippen LogP contribution >= 0.6 is 0 Å². The Hall–Kier alpha value is -1.22. The lowest BCUT2D eigenvalue weighted by molar-refractivity contribution is 0.308. The molecular weight excluding hydrogens is 238 g/mol. The Morgan fingerprint density at radius 1 is 1.37 bits per heavy atom. The van der Waals surface area contributed by atoms with E-state index >= 15 is 0 Å². The van der Waals surface area contributed by atoms with Crippen molar-refractivity contribution in [3.05, 3.63) is 23.8 Å². The predicted molar refractivity (Wildman–Crippen MR) is 77.8 cm³/mol. The summed E-state index contributed by atoms with van der Waals surface area (Å²) in [6, 6.07) is 6.64. The quantitative estimate of drug-likeness (QED) is 0.780. The highest BCUT2D eigenvalue weighted by atomic mass is 16.5. The Kier molecular flexibility index (Phi) is 5.08. The van der Waals surface area contributed by atoms with E-state index in [1.54, 1.807) is 7.11 Å². The van der Waals surface area contributed by atoms with Gasteiger partial charge < -0.3 is 14.8 Å². The Bertz CT molecular complexity index is 402. The molecule has 1 aromatic carbocycles. The average Bonchev–Trinajstić information content (AvgIpc) is 3.21. The first kappa shape index (κ1) is 14.2. The number of ether oxygens (including phenoxy) is 2. The van der Waals surface area contributed by atoms with Crippen molar-refractivity contribution in [1.82, 2.24) is 5.32 Å². The van der Waals surface area contributed by atoms with Gasteiger partial charge >= 0.3 is 0 Å². The predicted octanol–water partition coefficient (Wildman–Crippen LogP) is 3.37. The fraction of sp³-hybridized carbons (Fsp3) is 0.625. The number of benzene rings is 1. The van der Waals surface area contributed by atoms with Crippen LogP contribution in [0.15, 0.2) is 18.2 Å². The second-order valence-corrected chi connectivity index (χ2v) is 5.34. The summed E-state index contributed by atoms with van der Waals surface area (Å²) in [6.45, 7) is 5.74. The molecule has 0 aromatic heterocycles. The number of hydrogen-bond acceptors (Lipinski definition) is 3. The molecule has 1 unspecified atom stereocenters. The summed E-state index contributed by atoms with van der Waals surface area (Å²) in [6.07, 6.45) is 4.11. The first-order chi connectivity index (χ1) is 9.24. The molecule has 0 heterocycles. The van der Waals surface area contributed by atoms with Gasteiger partial charge in [0.15, 0.2) is 11.5 Å². The van der Waals surface area contributed by atoms with Crippen LogP contribution in [0.3, 0.4) is 0 Å². The minimum atomic E-state index is 0.563. The summed E-state index contributed by atoms with van der Waals surface area (Å²) >= 11 is 0. The van der Waals surface area contributed by atoms with Crippen molar-refractivity contribution in [3.63, 3.8) is 0 Å². The molecule has 1 aromatic rings. The summed E-state index contributed by atoms with van der Waals surface area (Å²) < 4.78 is 11.1. The fourth-order valence-corrected chi connectivity index (χ4v) is 2.42. The average molecular weight is 263 g/mol. The normalized spacial score (nSPS) is 16.2. The third kappa shape index (κ3) is 4.13. The van der Waals surface area contributed by atoms with Crippen molar-refractivity contribution < 1.29 is 9.47 Å². The Morgan fingerprint density at radius 3 is 2.79 bits per heavy atom. The van der Waals surface area contributed by atoms with E-state index in [1.165, 1.54) is 19.3 Å². The summed E-state index contributed by atoms with van der Waals surface area (Å²) in [5.74, 6) is 2.65. The summed E-state index contributed by atoms with van der Waals surface area (Å²) in [4.78, 5) is 0. The SMILES string of the molecule is CCOc1cccc(CNC(C)CC2CC2)c1OC. The van der Waals surface area contributed by atoms with Gasteiger partial charge in [0.25, 0.3) is 0 Å². The maximum atomic E-state index is 5.60. The van der Waals surface area contributed by atoms with Crippen molar-refractivity contribution in [1.29, 1.82) is 0 Å². The highest BCUT2D eigenvalue weighted by Crippen LogP contribution is 2.34. The molecule has 0 bridgehead atoms. The van der Waals surface area contributed by atoms with Gasteiger partial charge in [-0.15, -0.1) is 0 Å². The van der Waals surface area contributed by atoms with Gasteiger partial charge in [-0.3, -0.25) is 0 Å². The first-order valence-corrected chi connectivity index (χ1v) is 7.26. The monoisotopic (exact) mass is 263 g/mol. The maximum Gasteiger partial charge on any atom is 0.165 e. The topological polar surface area (TPSA) is 30.5 Å². The molecule has 0 amide bonds. The van der Waals surface area contributed by atoms with Crippen molar-refractivity contribution in [2.75, 3.05) is 13.7 Å². The molecule has 0 saturated heterocycles. The van der Waals surface area contributed by atoms with E-state index in [2.05, 4.69) is 18.3 Å². The van der Waals surface area contributed by atoms with Crippen LogP contribution in [0.4, 0.5) is 0 Å². The van der Waals surface area contributed by atoms with Gasteiger partial charge in [0, 0.05) is 18.2 Å². The molecular formula is C16H25NO2. The Balaban J connectivity index is 1.95. The van der Waals surface area contributed by atoms with Gasteiger partial charge in [0.2, 0.25) is 0 Å². The molecule has 1 N–H and O–H groups in total. The fourth-order valence-electron chi connectivity index (χ4n) is 2.42. The summed E-state index contributed by atoms with van der Waals surface area (Å²) in [7, 11) is 1.70. The summed E-state index contributed by atoms with van der Waals surface area (Å²) in [5.41, 5.74) is 1.16. The van der Waals surface area contributed by atoms with E-state index in [1.807, 2.05) is 19.1 Å². The first-order valence-electron chi connectivity index (χ1n) is 7.26. The van der Waals surface area contributed by atoms with Crippen LogP contribution < -0.4 is 14.8 Å². The number of hydrogen-bond donors (Lipinski definition) is 1. The minimum absolute atomic E-state index is 0.563. The van der Waals surface area contributed by atoms with E-state index in [4.69, 9.17) is 9.47 Å². The molecule has 1 fully saturated rings. The van der Waals surface area contributed by atoms with Gasteiger partial charge in [-0.25, -0.2) is 0 Å². The second-order valence-electron chi connectivity index (χ2n) is 5.34. The number of methoxy groups -OCH3 is 1. The zero-order valence-electron chi connectivity index (χ0n) is 12.2. The van der Waals surface area contributed by atoms with Crippen LogP contribution in [0.1, 0.15) is 38.7 Å². The standard InChI is InChI=1S/C16H25NO2/c1-4-19-15-7-5-6-14(16(15)18-3)11-17-12(2)10-13-8-9-13/h5-7,12-13,17H,4,8-11H2,1-3H3. The highest BCUT2D eigenvalue weighted by Gasteiger charge is 2.23. The van der Waals surface area contributed by atoms with Crippen LogP contribution in [0.2, 0.25) is 0 Å². The number of rotatable bonds is 8. The van der Waals surface area contributed by atoms with E-state index in [0.717, 1.165) is 29.5 Å². The highest BCUT2D eigenvalue weighted by molar-refractivity contribution is 5.46. The van der Waals surface area contributed by atoms with E-state index in [-0.39, 0.29) is 0 Å². The van der Waals surface area contributed by atoms with Crippen LogP contribution in [0, 0.1) is 5.92 Å². The molecule has 1 aliphatic carbocycles. The van der Waals surface area contributed by atoms with Crippen molar-refractivity contribution in [3.8, 4) is 11.5 Å². The van der Waals surface area contributed by atoms with E-state index in [9.17, 15) is 0 Å². The van der Waals surface area contributed by atoms with Crippen molar-refractivity contribution >= 4 is 0 Å². The Labute approximate surface area is 116 Å². The molecule has 0 spiro atoms. The van der Waals surface area contributed by atoms with Crippen LogP contribution in [0.5, 0.6) is 11.5 Å². The molecule has 1 aliphatic rings. The molecule has 3 nitrogen and oxygen atoms in total. The molecule has 1 atom stereocenters. The summed E-state index contributed by atoms with van der Waals surface area (Å²) in [5, 5.41) is 3.58. The number of nitrogens with one attached hydrogen (secondary N) is 1. The number of para-hydroxylation sites is 1. The Morgan fingerprint density at radius 2 is 2.16 bits per heavy atom. The van der Waals surface area contributed by atoms with Crippen molar-refractivity contribution in [2.45, 2.75) is 45.7 Å². The molecule has 1 saturated carbocycles. The van der Waals surface area contributed by atoms with Gasteiger partial charge in [0.1, 0.15) is 0 Å². The second kappa shape index (κ2) is 6.80. The smallest absolute Gasteiger partial charge is 0.165 e. The molecule has 0 aliphatic heterocycles. The lowest BCUT2D eigenvalue weighted by Gasteiger charge is -2.17. The molecule has 106 valence electrons. The van der Waals surface area contributed by atoms with E-state index in [0.29, 0.717) is 12.6 Å². The van der Waals surface area contributed by atoms with Crippen LogP contribution in [-0.4, -0.2) is 19.8 Å². The van der Waals surface area contributed by atoms with Gasteiger partial charge in [0.05, 0.1) is 13.7 Å². The van der Waals surface area contributed by atoms with Crippen LogP contribution in [0.25, 0.3) is 0 Å². The third-order valence-electron chi connectivity index (χ3n) is 3.59. The zero-order valence-corrected chi connectivity index (χ0v) is 12.2. The van der Waals surface area contributed by atoms with Crippen LogP contribution in [-0.2, 0) is 6.54 Å². The van der Waals surface area contributed by atoms with Gasteiger partial charge in [-0.2, -0.15) is 0 Å². The largest absolute Gasteiger partial charge is 0.493 e. The zero-order chi connectivity index (χ0) is 13.7.